The van der Waals surface area contributed by atoms with Crippen LogP contribution in [0.5, 0.6) is 11.5 Å². The Morgan fingerprint density at radius 3 is 2.41 bits per heavy atom. The molecule has 12 heteroatoms. The van der Waals surface area contributed by atoms with Crippen molar-refractivity contribution >= 4 is 35.1 Å². The summed E-state index contributed by atoms with van der Waals surface area (Å²) in [5, 5.41) is 11.4. The van der Waals surface area contributed by atoms with Crippen LogP contribution in [-0.4, -0.2) is 47.6 Å². The number of nitrogens with one attached hydrogen (secondary N) is 1. The molecule has 198 valence electrons. The van der Waals surface area contributed by atoms with Gasteiger partial charge >= 0.3 is 5.97 Å². The smallest absolute Gasteiger partial charge is 0.306 e. The maximum atomic E-state index is 13.1. The zero-order valence-electron chi connectivity index (χ0n) is 20.6. The molecule has 0 spiro atoms. The standard InChI is InChI=1S/C25H27Cl2FN4O5/c1-4-5-22(33)37-24(25(34)29-9-8-15-6-7-20(35-2)21(12-15)36-3)19-14-30-32(31-19)23-17(26)10-16(13-28)11-18(23)27/h6-7,10-12,14,24H,4-5,8-9,13H2,1-3H3,(H,29,34). The van der Waals surface area contributed by atoms with E-state index in [1.165, 1.54) is 18.3 Å². The van der Waals surface area contributed by atoms with E-state index in [9.17, 15) is 14.0 Å². The van der Waals surface area contributed by atoms with E-state index in [0.717, 1.165) is 10.4 Å². The lowest BCUT2D eigenvalue weighted by Crippen LogP contribution is -2.33. The molecule has 1 N–H and O–H groups in total. The van der Waals surface area contributed by atoms with Crippen molar-refractivity contribution in [1.29, 1.82) is 0 Å². The molecule has 1 amide bonds. The molecule has 0 aliphatic carbocycles. The van der Waals surface area contributed by atoms with Gasteiger partial charge < -0.3 is 19.5 Å². The van der Waals surface area contributed by atoms with E-state index >= 15 is 0 Å². The maximum absolute atomic E-state index is 13.1. The zero-order chi connectivity index (χ0) is 26.9. The number of rotatable bonds is 12. The van der Waals surface area contributed by atoms with E-state index in [-0.39, 0.29) is 34.4 Å². The number of hydrogen-bond acceptors (Lipinski definition) is 7. The van der Waals surface area contributed by atoms with Gasteiger partial charge in [-0.15, -0.1) is 9.90 Å². The van der Waals surface area contributed by atoms with E-state index in [1.54, 1.807) is 20.3 Å². The number of esters is 1. The topological polar surface area (TPSA) is 105 Å². The number of hydrogen-bond donors (Lipinski definition) is 1. The Labute approximate surface area is 223 Å². The fourth-order valence-corrected chi connectivity index (χ4v) is 4.17. The van der Waals surface area contributed by atoms with E-state index < -0.39 is 24.7 Å². The van der Waals surface area contributed by atoms with Crippen LogP contribution in [0.2, 0.25) is 10.0 Å². The Bertz CT molecular complexity index is 1230. The van der Waals surface area contributed by atoms with Crippen molar-refractivity contribution in [3.8, 4) is 17.2 Å². The molecule has 37 heavy (non-hydrogen) atoms. The average molecular weight is 553 g/mol. The van der Waals surface area contributed by atoms with Crippen molar-refractivity contribution in [3.05, 3.63) is 63.4 Å². The molecule has 0 aliphatic heterocycles. The van der Waals surface area contributed by atoms with Crippen LogP contribution in [0.25, 0.3) is 5.69 Å². The van der Waals surface area contributed by atoms with Gasteiger partial charge in [0.25, 0.3) is 5.91 Å². The molecule has 9 nitrogen and oxygen atoms in total. The first kappa shape index (κ1) is 28.2. The number of amides is 1. The van der Waals surface area contributed by atoms with Crippen molar-refractivity contribution in [2.24, 2.45) is 0 Å². The molecule has 0 radical (unpaired) electrons. The van der Waals surface area contributed by atoms with Gasteiger partial charge in [-0.05, 0) is 48.2 Å². The number of carbonyl (C=O) groups excluding carboxylic acids is 2. The molecule has 1 heterocycles. The molecule has 1 unspecified atom stereocenters. The van der Waals surface area contributed by atoms with E-state index in [2.05, 4.69) is 15.5 Å². The van der Waals surface area contributed by atoms with Crippen LogP contribution >= 0.6 is 23.2 Å². The Balaban J connectivity index is 1.78. The molecule has 1 aromatic heterocycles. The van der Waals surface area contributed by atoms with Gasteiger partial charge in [-0.3, -0.25) is 9.59 Å². The fraction of sp³-hybridized carbons (Fsp3) is 0.360. The van der Waals surface area contributed by atoms with Crippen molar-refractivity contribution in [2.45, 2.75) is 39.0 Å². The third-order valence-corrected chi connectivity index (χ3v) is 5.89. The van der Waals surface area contributed by atoms with Crippen molar-refractivity contribution in [3.63, 3.8) is 0 Å². The first-order chi connectivity index (χ1) is 17.8. The summed E-state index contributed by atoms with van der Waals surface area (Å²) in [6, 6.07) is 8.27. The first-order valence-electron chi connectivity index (χ1n) is 11.5. The minimum absolute atomic E-state index is 0.0785. The summed E-state index contributed by atoms with van der Waals surface area (Å²) < 4.78 is 29.0. The third kappa shape index (κ3) is 7.11. The van der Waals surface area contributed by atoms with Crippen molar-refractivity contribution in [2.75, 3.05) is 20.8 Å². The Morgan fingerprint density at radius 1 is 1.08 bits per heavy atom. The molecule has 3 aromatic rings. The quantitative estimate of drug-likeness (QED) is 0.321. The molecule has 0 saturated carbocycles. The molecule has 0 saturated heterocycles. The number of alkyl halides is 1. The largest absolute Gasteiger partial charge is 0.493 e. The van der Waals surface area contributed by atoms with Gasteiger partial charge in [0.15, 0.2) is 11.5 Å². The summed E-state index contributed by atoms with van der Waals surface area (Å²) in [6.07, 6.45) is 1.10. The second-order valence-corrected chi connectivity index (χ2v) is 8.77. The zero-order valence-corrected chi connectivity index (χ0v) is 22.1. The van der Waals surface area contributed by atoms with Crippen LogP contribution in [0.4, 0.5) is 4.39 Å². The second-order valence-electron chi connectivity index (χ2n) is 7.95. The molecule has 0 fully saturated rings. The minimum Gasteiger partial charge on any atom is -0.493 e. The molecule has 0 bridgehead atoms. The Hall–Kier alpha value is -3.37. The van der Waals surface area contributed by atoms with Crippen LogP contribution in [0.1, 0.15) is 42.7 Å². The van der Waals surface area contributed by atoms with E-state index in [4.69, 9.17) is 37.4 Å². The molecular weight excluding hydrogens is 526 g/mol. The number of benzene rings is 2. The summed E-state index contributed by atoms with van der Waals surface area (Å²) in [4.78, 5) is 26.4. The maximum Gasteiger partial charge on any atom is 0.306 e. The van der Waals surface area contributed by atoms with Gasteiger partial charge in [-0.1, -0.05) is 36.2 Å². The summed E-state index contributed by atoms with van der Waals surface area (Å²) in [5.74, 6) is 0.0504. The van der Waals surface area contributed by atoms with Crippen molar-refractivity contribution in [1.82, 2.24) is 20.3 Å². The van der Waals surface area contributed by atoms with Gasteiger partial charge in [0.1, 0.15) is 18.1 Å². The molecule has 0 aliphatic rings. The molecule has 1 atom stereocenters. The highest BCUT2D eigenvalue weighted by molar-refractivity contribution is 6.37. The third-order valence-electron chi connectivity index (χ3n) is 5.31. The van der Waals surface area contributed by atoms with Crippen LogP contribution in [0.3, 0.4) is 0 Å². The lowest BCUT2D eigenvalue weighted by molar-refractivity contribution is -0.156. The van der Waals surface area contributed by atoms with E-state index in [0.29, 0.717) is 29.9 Å². The van der Waals surface area contributed by atoms with Crippen molar-refractivity contribution < 1.29 is 28.2 Å². The lowest BCUT2D eigenvalue weighted by atomic mass is 10.1. The molecular formula is C25H27Cl2FN4O5. The second kappa shape index (κ2) is 13.3. The number of carbonyl (C=O) groups is 2. The highest BCUT2D eigenvalue weighted by atomic mass is 35.5. The SMILES string of the molecule is CCCC(=O)OC(C(=O)NCCc1ccc(OC)c(OC)c1)c1cnn(-c2c(Cl)cc(CF)cc2Cl)n1. The van der Waals surface area contributed by atoms with Crippen LogP contribution in [-0.2, 0) is 27.4 Å². The van der Waals surface area contributed by atoms with Gasteiger partial charge in [-0.2, -0.15) is 5.10 Å². The number of aromatic nitrogens is 3. The number of methoxy groups -OCH3 is 2. The highest BCUT2D eigenvalue weighted by Crippen LogP contribution is 2.31. The highest BCUT2D eigenvalue weighted by Gasteiger charge is 2.28. The monoisotopic (exact) mass is 552 g/mol. The average Bonchev–Trinajstić information content (AvgIpc) is 3.35. The van der Waals surface area contributed by atoms with Gasteiger partial charge in [-0.25, -0.2) is 4.39 Å². The predicted molar refractivity (Wildman–Crippen MR) is 136 cm³/mol. The van der Waals surface area contributed by atoms with Crippen LogP contribution < -0.4 is 14.8 Å². The van der Waals surface area contributed by atoms with Gasteiger partial charge in [0.2, 0.25) is 6.10 Å². The summed E-state index contributed by atoms with van der Waals surface area (Å²) >= 11 is 12.5. The van der Waals surface area contributed by atoms with Gasteiger partial charge in [0, 0.05) is 13.0 Å². The fourth-order valence-electron chi connectivity index (χ4n) is 3.49. The number of nitrogens with zero attached hydrogens (tertiary/aromatic N) is 3. The normalized spacial score (nSPS) is 11.6. The number of halogens is 3. The summed E-state index contributed by atoms with van der Waals surface area (Å²) in [7, 11) is 3.09. The summed E-state index contributed by atoms with van der Waals surface area (Å²) in [6.45, 7) is 1.34. The minimum atomic E-state index is -1.35. The lowest BCUT2D eigenvalue weighted by Gasteiger charge is -2.16. The van der Waals surface area contributed by atoms with Gasteiger partial charge in [0.05, 0.1) is 30.5 Å². The molecule has 3 rings (SSSR count). The Kier molecular flexibility index (Phi) is 10.1. The van der Waals surface area contributed by atoms with Crippen LogP contribution in [0.15, 0.2) is 36.5 Å². The first-order valence-corrected chi connectivity index (χ1v) is 12.2. The number of ether oxygens (including phenoxy) is 3. The predicted octanol–water partition coefficient (Wildman–Crippen LogP) is 4.80. The Morgan fingerprint density at radius 2 is 1.78 bits per heavy atom. The van der Waals surface area contributed by atoms with Crippen LogP contribution in [0, 0.1) is 0 Å². The summed E-state index contributed by atoms with van der Waals surface area (Å²) in [5.41, 5.74) is 1.49. The van der Waals surface area contributed by atoms with E-state index in [1.807, 2.05) is 19.1 Å². The molecule has 2 aromatic carbocycles.